The zero-order valence-electron chi connectivity index (χ0n) is 18.3. The number of carbonyl (C=O) groups excluding carboxylic acids is 1. The van der Waals surface area contributed by atoms with Crippen LogP contribution in [0, 0.1) is 0 Å². The van der Waals surface area contributed by atoms with Crippen LogP contribution >= 0.6 is 0 Å². The van der Waals surface area contributed by atoms with Crippen LogP contribution in [0.2, 0.25) is 0 Å². The van der Waals surface area contributed by atoms with E-state index in [9.17, 15) is 17.6 Å². The van der Waals surface area contributed by atoms with Crippen LogP contribution in [-0.2, 0) is 22.0 Å². The molecule has 1 aromatic carbocycles. The Balaban J connectivity index is 1.84. The van der Waals surface area contributed by atoms with Gasteiger partial charge in [0.15, 0.2) is 9.84 Å². The number of aryl methyl sites for hydroxylation is 1. The maximum Gasteiger partial charge on any atom is 0.274 e. The van der Waals surface area contributed by atoms with Crippen LogP contribution in [-0.4, -0.2) is 50.7 Å². The molecule has 0 atom stereocenters. The highest BCUT2D eigenvalue weighted by Crippen LogP contribution is 2.26. The Morgan fingerprint density at radius 3 is 2.75 bits per heavy atom. The number of carbonyl (C=O) groups is 1. The largest absolute Gasteiger partial charge is 0.461 e. The fourth-order valence-electron chi connectivity index (χ4n) is 3.39. The smallest absolute Gasteiger partial charge is 0.274 e. The minimum Gasteiger partial charge on any atom is -0.461 e. The molecule has 32 heavy (non-hydrogen) atoms. The van der Waals surface area contributed by atoms with Crippen molar-refractivity contribution < 1.29 is 22.3 Å². The molecule has 1 aliphatic heterocycles. The maximum absolute atomic E-state index is 13.1. The Kier molecular flexibility index (Phi) is 7.81. The zero-order chi connectivity index (χ0) is 23.2. The number of nitrogens with one attached hydrogen (secondary N) is 3. The second kappa shape index (κ2) is 10.4. The molecule has 0 spiro atoms. The van der Waals surface area contributed by atoms with E-state index in [0.717, 1.165) is 24.9 Å². The molecule has 0 aliphatic carbocycles. The molecule has 3 rings (SSSR count). The first kappa shape index (κ1) is 24.1. The predicted octanol–water partition coefficient (Wildman–Crippen LogP) is 2.42. The van der Waals surface area contributed by atoms with Crippen molar-refractivity contribution in [2.24, 2.45) is 0 Å². The lowest BCUT2D eigenvalue weighted by Gasteiger charge is -2.27. The first-order chi connectivity index (χ1) is 15.2. The van der Waals surface area contributed by atoms with E-state index in [0.29, 0.717) is 24.5 Å². The molecule has 0 radical (unpaired) electrons. The molecular formula is C22H29FN4O4S. The van der Waals surface area contributed by atoms with Gasteiger partial charge >= 0.3 is 0 Å². The van der Waals surface area contributed by atoms with Crippen LogP contribution < -0.4 is 20.7 Å². The fraction of sp³-hybridized carbons (Fsp3) is 0.455. The number of hydrogen-bond acceptors (Lipinski definition) is 7. The van der Waals surface area contributed by atoms with Crippen molar-refractivity contribution in [2.45, 2.75) is 37.2 Å². The molecule has 174 valence electrons. The van der Waals surface area contributed by atoms with Crippen molar-refractivity contribution in [1.82, 2.24) is 15.6 Å². The average Bonchev–Trinajstić information content (AvgIpc) is 2.74. The monoisotopic (exact) mass is 464 g/mol. The molecule has 0 fully saturated rings. The van der Waals surface area contributed by atoms with E-state index in [4.69, 9.17) is 0 Å². The number of anilines is 1. The van der Waals surface area contributed by atoms with Gasteiger partial charge in [-0.1, -0.05) is 6.07 Å². The fourth-order valence-corrected chi connectivity index (χ4v) is 4.79. The van der Waals surface area contributed by atoms with E-state index in [1.54, 1.807) is 26.0 Å². The van der Waals surface area contributed by atoms with E-state index < -0.39 is 27.4 Å². The van der Waals surface area contributed by atoms with Gasteiger partial charge < -0.3 is 20.7 Å². The molecule has 0 saturated carbocycles. The highest BCUT2D eigenvalue weighted by atomic mass is 32.2. The molecule has 1 aromatic heterocycles. The van der Waals surface area contributed by atoms with Crippen LogP contribution in [0.3, 0.4) is 0 Å². The van der Waals surface area contributed by atoms with Gasteiger partial charge in [0.25, 0.3) is 5.91 Å². The van der Waals surface area contributed by atoms with Gasteiger partial charge in [-0.25, -0.2) is 17.8 Å². The van der Waals surface area contributed by atoms with E-state index in [-0.39, 0.29) is 17.2 Å². The number of sulfone groups is 1. The first-order valence-corrected chi connectivity index (χ1v) is 12.1. The standard InChI is InChI=1S/C22H29FN4O4S/c1-22(2)13-25-15-24-9-3-4-16-5-6-18(10-17(16)12-32(22,29)30)27-21(28)20-8-7-19(11-26-20)31-14-23/h5-8,10-11,24-25H,3-4,9,12-15H2,1-2H3,(H,27,28). The number of hydrogen-bond donors (Lipinski definition) is 3. The van der Waals surface area contributed by atoms with Crippen molar-refractivity contribution >= 4 is 21.4 Å². The highest BCUT2D eigenvalue weighted by molar-refractivity contribution is 7.92. The number of halogens is 1. The van der Waals surface area contributed by atoms with Crippen molar-refractivity contribution in [3.8, 4) is 5.75 Å². The number of pyridine rings is 1. The lowest BCUT2D eigenvalue weighted by atomic mass is 10.0. The summed E-state index contributed by atoms with van der Waals surface area (Å²) in [6.45, 7) is 4.16. The van der Waals surface area contributed by atoms with Gasteiger partial charge in [0.1, 0.15) is 11.4 Å². The third kappa shape index (κ3) is 6.02. The normalized spacial score (nSPS) is 18.5. The quantitative estimate of drug-likeness (QED) is 0.638. The number of rotatable bonds is 4. The van der Waals surface area contributed by atoms with Crippen molar-refractivity contribution in [3.63, 3.8) is 0 Å². The summed E-state index contributed by atoms with van der Waals surface area (Å²) in [5, 5.41) is 9.18. The molecule has 1 amide bonds. The summed E-state index contributed by atoms with van der Waals surface area (Å²) in [6.07, 6.45) is 2.86. The van der Waals surface area contributed by atoms with Crippen LogP contribution in [0.15, 0.2) is 36.5 Å². The second-order valence-electron chi connectivity index (χ2n) is 8.30. The summed E-state index contributed by atoms with van der Waals surface area (Å²) in [7, 11) is -3.47. The molecular weight excluding hydrogens is 435 g/mol. The van der Waals surface area contributed by atoms with Crippen LogP contribution in [0.1, 0.15) is 41.9 Å². The summed E-state index contributed by atoms with van der Waals surface area (Å²) in [6, 6.07) is 8.23. The Morgan fingerprint density at radius 1 is 1.22 bits per heavy atom. The lowest BCUT2D eigenvalue weighted by Crippen LogP contribution is -2.45. The van der Waals surface area contributed by atoms with Gasteiger partial charge in [-0.3, -0.25) is 4.79 Å². The third-order valence-electron chi connectivity index (χ3n) is 5.44. The summed E-state index contributed by atoms with van der Waals surface area (Å²) < 4.78 is 42.3. The number of ether oxygens (including phenoxy) is 1. The number of aromatic nitrogens is 1. The summed E-state index contributed by atoms with van der Waals surface area (Å²) >= 11 is 0. The van der Waals surface area contributed by atoms with Gasteiger partial charge in [-0.05, 0) is 68.6 Å². The van der Waals surface area contributed by atoms with Crippen molar-refractivity contribution in [3.05, 3.63) is 53.3 Å². The molecule has 3 N–H and O–H groups in total. The van der Waals surface area contributed by atoms with E-state index >= 15 is 0 Å². The molecule has 0 saturated heterocycles. The summed E-state index contributed by atoms with van der Waals surface area (Å²) in [4.78, 5) is 16.5. The van der Waals surface area contributed by atoms with E-state index in [1.807, 2.05) is 6.07 Å². The molecule has 8 nitrogen and oxygen atoms in total. The van der Waals surface area contributed by atoms with Gasteiger partial charge in [0.05, 0.1) is 16.7 Å². The number of benzene rings is 1. The number of amides is 1. The third-order valence-corrected chi connectivity index (χ3v) is 7.96. The minimum absolute atomic E-state index is 0.109. The highest BCUT2D eigenvalue weighted by Gasteiger charge is 2.34. The van der Waals surface area contributed by atoms with Crippen molar-refractivity contribution in [2.75, 3.05) is 31.9 Å². The van der Waals surface area contributed by atoms with Gasteiger partial charge in [0.2, 0.25) is 6.86 Å². The SMILES string of the molecule is CC1(C)CNCNCCCc2ccc(NC(=O)c3ccc(OCF)cn3)cc2CS1(=O)=O. The lowest BCUT2D eigenvalue weighted by molar-refractivity contribution is 0.102. The Morgan fingerprint density at radius 2 is 2.03 bits per heavy atom. The topological polar surface area (TPSA) is 109 Å². The summed E-state index contributed by atoms with van der Waals surface area (Å²) in [5.41, 5.74) is 2.24. The second-order valence-corrected chi connectivity index (χ2v) is 10.9. The molecule has 0 bridgehead atoms. The maximum atomic E-state index is 13.1. The number of alkyl halides is 1. The predicted molar refractivity (Wildman–Crippen MR) is 121 cm³/mol. The van der Waals surface area contributed by atoms with E-state index in [1.165, 1.54) is 18.3 Å². The summed E-state index contributed by atoms with van der Waals surface area (Å²) in [5.74, 6) is -0.344. The molecule has 2 heterocycles. The molecule has 10 heteroatoms. The van der Waals surface area contributed by atoms with Gasteiger partial charge in [0, 0.05) is 18.9 Å². The minimum atomic E-state index is -3.47. The van der Waals surface area contributed by atoms with Crippen LogP contribution in [0.25, 0.3) is 0 Å². The van der Waals surface area contributed by atoms with Crippen LogP contribution in [0.5, 0.6) is 5.75 Å². The number of nitrogens with zero attached hydrogens (tertiary/aromatic N) is 1. The Labute approximate surface area is 187 Å². The zero-order valence-corrected chi connectivity index (χ0v) is 19.1. The van der Waals surface area contributed by atoms with E-state index in [2.05, 4.69) is 25.7 Å². The average molecular weight is 465 g/mol. The Hall–Kier alpha value is -2.56. The first-order valence-electron chi connectivity index (χ1n) is 10.4. The molecule has 1 aliphatic rings. The number of fused-ring (bicyclic) bond motifs is 1. The molecule has 2 aromatic rings. The van der Waals surface area contributed by atoms with Gasteiger partial charge in [-0.15, -0.1) is 0 Å². The molecule has 0 unspecified atom stereocenters. The van der Waals surface area contributed by atoms with Crippen molar-refractivity contribution in [1.29, 1.82) is 0 Å². The van der Waals surface area contributed by atoms with Gasteiger partial charge in [-0.2, -0.15) is 0 Å². The van der Waals surface area contributed by atoms with Crippen LogP contribution in [0.4, 0.5) is 10.1 Å². The Bertz CT molecular complexity index is 1040.